The van der Waals surface area contributed by atoms with Crippen LogP contribution < -0.4 is 14.2 Å². The molecule has 31 heavy (non-hydrogen) atoms. The number of β-amino-alcohol motifs (C(OH)–C–C–N with tert-alkyl or cyclic N) is 1. The molecule has 0 aromatic heterocycles. The fourth-order valence-electron chi connectivity index (χ4n) is 3.82. The van der Waals surface area contributed by atoms with E-state index in [-0.39, 0.29) is 6.61 Å². The van der Waals surface area contributed by atoms with Gasteiger partial charge in [0.25, 0.3) is 0 Å². The standard InChI is InChI=1S/C24H32ClNO5/c1-18-5-7-20(25)22(13-18)31-17-24(27)9-4-10-26(16-24)15-19-6-8-21(29-3)23(14-19)30-12-11-28-2/h5-8,13-14,27H,4,9-12,15-17H2,1-3H3/t24-/m0/s1. The highest BCUT2D eigenvalue weighted by atomic mass is 35.5. The number of likely N-dealkylation sites (tertiary alicyclic amines) is 1. The molecule has 1 aliphatic heterocycles. The Balaban J connectivity index is 1.62. The first-order chi connectivity index (χ1) is 14.9. The van der Waals surface area contributed by atoms with E-state index in [0.29, 0.717) is 55.0 Å². The summed E-state index contributed by atoms with van der Waals surface area (Å²) in [6.45, 7) is 5.32. The monoisotopic (exact) mass is 449 g/mol. The van der Waals surface area contributed by atoms with Crippen LogP contribution in [0, 0.1) is 6.92 Å². The van der Waals surface area contributed by atoms with Gasteiger partial charge >= 0.3 is 0 Å². The van der Waals surface area contributed by atoms with Crippen molar-refractivity contribution in [1.82, 2.24) is 4.90 Å². The highest BCUT2D eigenvalue weighted by molar-refractivity contribution is 6.32. The molecule has 2 aromatic rings. The van der Waals surface area contributed by atoms with E-state index >= 15 is 0 Å². The van der Waals surface area contributed by atoms with Gasteiger partial charge in [-0.2, -0.15) is 0 Å². The molecular formula is C24H32ClNO5. The van der Waals surface area contributed by atoms with Crippen molar-refractivity contribution in [3.05, 3.63) is 52.5 Å². The summed E-state index contributed by atoms with van der Waals surface area (Å²) in [7, 11) is 3.27. The van der Waals surface area contributed by atoms with E-state index in [2.05, 4.69) is 4.90 Å². The number of methoxy groups -OCH3 is 2. The normalized spacial score (nSPS) is 19.3. The van der Waals surface area contributed by atoms with Crippen LogP contribution in [0.15, 0.2) is 36.4 Å². The summed E-state index contributed by atoms with van der Waals surface area (Å²) in [5, 5.41) is 11.7. The van der Waals surface area contributed by atoms with Crippen LogP contribution in [0.25, 0.3) is 0 Å². The van der Waals surface area contributed by atoms with Crippen LogP contribution in [0.4, 0.5) is 0 Å². The SMILES string of the molecule is COCCOc1cc(CN2CCC[C@@](O)(COc3cc(C)ccc3Cl)C2)ccc1OC. The van der Waals surface area contributed by atoms with Crippen molar-refractivity contribution in [3.63, 3.8) is 0 Å². The lowest BCUT2D eigenvalue weighted by Gasteiger charge is -2.39. The van der Waals surface area contributed by atoms with Crippen LogP contribution in [-0.4, -0.2) is 62.7 Å². The van der Waals surface area contributed by atoms with Crippen LogP contribution in [0.5, 0.6) is 17.2 Å². The second kappa shape index (κ2) is 11.0. The molecule has 6 nitrogen and oxygen atoms in total. The van der Waals surface area contributed by atoms with Crippen LogP contribution in [-0.2, 0) is 11.3 Å². The average Bonchev–Trinajstić information content (AvgIpc) is 2.75. The quantitative estimate of drug-likeness (QED) is 0.551. The molecule has 1 fully saturated rings. The molecule has 1 aliphatic rings. The molecule has 3 rings (SSSR count). The maximum Gasteiger partial charge on any atom is 0.161 e. The largest absolute Gasteiger partial charge is 0.493 e. The molecule has 7 heteroatoms. The van der Waals surface area contributed by atoms with Crippen LogP contribution in [0.2, 0.25) is 5.02 Å². The second-order valence-electron chi connectivity index (χ2n) is 8.09. The lowest BCUT2D eigenvalue weighted by atomic mass is 9.93. The Morgan fingerprint density at radius 2 is 1.87 bits per heavy atom. The molecule has 1 atom stereocenters. The Morgan fingerprint density at radius 3 is 2.65 bits per heavy atom. The molecule has 1 N–H and O–H groups in total. The fourth-order valence-corrected chi connectivity index (χ4v) is 3.99. The third-order valence-electron chi connectivity index (χ3n) is 5.40. The molecular weight excluding hydrogens is 418 g/mol. The summed E-state index contributed by atoms with van der Waals surface area (Å²) >= 11 is 6.23. The van der Waals surface area contributed by atoms with Gasteiger partial charge in [0.15, 0.2) is 11.5 Å². The first kappa shape index (κ1) is 23.7. The zero-order valence-corrected chi connectivity index (χ0v) is 19.3. The highest BCUT2D eigenvalue weighted by Crippen LogP contribution is 2.31. The predicted octanol–water partition coefficient (Wildman–Crippen LogP) is 4.09. The van der Waals surface area contributed by atoms with E-state index in [1.807, 2.05) is 43.3 Å². The molecule has 0 bridgehead atoms. The Bertz CT molecular complexity index is 862. The third-order valence-corrected chi connectivity index (χ3v) is 5.71. The van der Waals surface area contributed by atoms with Gasteiger partial charge in [-0.1, -0.05) is 23.7 Å². The summed E-state index contributed by atoms with van der Waals surface area (Å²) in [4.78, 5) is 2.24. The maximum absolute atomic E-state index is 11.2. The molecule has 0 unspecified atom stereocenters. The van der Waals surface area contributed by atoms with E-state index in [1.165, 1.54) is 0 Å². The summed E-state index contributed by atoms with van der Waals surface area (Å²) in [5.41, 5.74) is 1.25. The summed E-state index contributed by atoms with van der Waals surface area (Å²) in [5.74, 6) is 2.00. The third kappa shape index (κ3) is 6.74. The molecule has 1 heterocycles. The minimum Gasteiger partial charge on any atom is -0.493 e. The molecule has 0 spiro atoms. The van der Waals surface area contributed by atoms with E-state index in [4.69, 9.17) is 30.5 Å². The van der Waals surface area contributed by atoms with Crippen molar-refractivity contribution in [3.8, 4) is 17.2 Å². The predicted molar refractivity (Wildman–Crippen MR) is 122 cm³/mol. The Hall–Kier alpha value is -1.99. The minimum atomic E-state index is -0.921. The molecule has 2 aromatic carbocycles. The number of nitrogens with zero attached hydrogens (tertiary/aromatic N) is 1. The number of piperidine rings is 1. The van der Waals surface area contributed by atoms with Gasteiger partial charge in [0.2, 0.25) is 0 Å². The number of aryl methyl sites for hydroxylation is 1. The Morgan fingerprint density at radius 1 is 1.03 bits per heavy atom. The van der Waals surface area contributed by atoms with Gasteiger partial charge in [-0.05, 0) is 61.7 Å². The number of hydrogen-bond acceptors (Lipinski definition) is 6. The first-order valence-corrected chi connectivity index (χ1v) is 10.9. The number of benzene rings is 2. The lowest BCUT2D eigenvalue weighted by Crippen LogP contribution is -2.51. The van der Waals surface area contributed by atoms with Crippen LogP contribution >= 0.6 is 11.6 Å². The Kier molecular flexibility index (Phi) is 8.43. The van der Waals surface area contributed by atoms with Crippen molar-refractivity contribution in [1.29, 1.82) is 0 Å². The second-order valence-corrected chi connectivity index (χ2v) is 8.49. The summed E-state index contributed by atoms with van der Waals surface area (Å²) in [6, 6.07) is 11.6. The van der Waals surface area contributed by atoms with Gasteiger partial charge in [-0.3, -0.25) is 4.90 Å². The lowest BCUT2D eigenvalue weighted by molar-refractivity contribution is -0.0621. The van der Waals surface area contributed by atoms with Gasteiger partial charge in [0, 0.05) is 20.2 Å². The van der Waals surface area contributed by atoms with Crippen LogP contribution in [0.3, 0.4) is 0 Å². The van der Waals surface area contributed by atoms with Gasteiger partial charge in [0.05, 0.1) is 18.7 Å². The van der Waals surface area contributed by atoms with Gasteiger partial charge in [0.1, 0.15) is 24.6 Å². The number of hydrogen-bond donors (Lipinski definition) is 1. The van der Waals surface area contributed by atoms with Crippen molar-refractivity contribution in [2.75, 3.05) is 47.1 Å². The summed E-state index contributed by atoms with van der Waals surface area (Å²) in [6.07, 6.45) is 1.59. The van der Waals surface area contributed by atoms with Crippen molar-refractivity contribution in [2.45, 2.75) is 31.9 Å². The number of ether oxygens (including phenoxy) is 4. The molecule has 0 amide bonds. The van der Waals surface area contributed by atoms with Gasteiger partial charge in [-0.15, -0.1) is 0 Å². The molecule has 0 aliphatic carbocycles. The van der Waals surface area contributed by atoms with E-state index in [1.54, 1.807) is 14.2 Å². The first-order valence-electron chi connectivity index (χ1n) is 10.5. The van der Waals surface area contributed by atoms with Gasteiger partial charge in [-0.25, -0.2) is 0 Å². The topological polar surface area (TPSA) is 60.4 Å². The zero-order chi connectivity index (χ0) is 22.3. The van der Waals surface area contributed by atoms with Crippen molar-refractivity contribution in [2.24, 2.45) is 0 Å². The van der Waals surface area contributed by atoms with Crippen molar-refractivity contribution < 1.29 is 24.1 Å². The molecule has 1 saturated heterocycles. The van der Waals surface area contributed by atoms with Crippen molar-refractivity contribution >= 4 is 11.6 Å². The minimum absolute atomic E-state index is 0.209. The molecule has 0 saturated carbocycles. The fraction of sp³-hybridized carbons (Fsp3) is 0.500. The molecule has 170 valence electrons. The highest BCUT2D eigenvalue weighted by Gasteiger charge is 2.34. The number of rotatable bonds is 10. The average molecular weight is 450 g/mol. The van der Waals surface area contributed by atoms with Crippen LogP contribution in [0.1, 0.15) is 24.0 Å². The number of halogens is 1. The Labute approximate surface area is 189 Å². The van der Waals surface area contributed by atoms with Gasteiger partial charge < -0.3 is 24.1 Å². The molecule has 0 radical (unpaired) electrons. The van der Waals surface area contributed by atoms with E-state index < -0.39 is 5.60 Å². The number of aliphatic hydroxyl groups is 1. The smallest absolute Gasteiger partial charge is 0.161 e. The van der Waals surface area contributed by atoms with E-state index in [9.17, 15) is 5.11 Å². The summed E-state index contributed by atoms with van der Waals surface area (Å²) < 4.78 is 22.2. The maximum atomic E-state index is 11.2. The van der Waals surface area contributed by atoms with E-state index in [0.717, 1.165) is 24.1 Å². The zero-order valence-electron chi connectivity index (χ0n) is 18.5.